The Labute approximate surface area is 86.4 Å². The van der Waals surface area contributed by atoms with Crippen molar-refractivity contribution in [2.75, 3.05) is 13.2 Å². The molecule has 3 aliphatic rings. The molecule has 2 aliphatic carbocycles. The van der Waals surface area contributed by atoms with Gasteiger partial charge in [0.1, 0.15) is 0 Å². The summed E-state index contributed by atoms with van der Waals surface area (Å²) in [6.45, 7) is 4.19. The fourth-order valence-corrected chi connectivity index (χ4v) is 3.32. The number of fused-ring (bicyclic) bond motifs is 1. The van der Waals surface area contributed by atoms with Gasteiger partial charge in [0, 0.05) is 18.2 Å². The normalized spacial score (nSPS) is 51.6. The molecule has 2 heteroatoms. The van der Waals surface area contributed by atoms with Gasteiger partial charge in [-0.25, -0.2) is 0 Å². The molecular formula is C12H21NO. The fourth-order valence-electron chi connectivity index (χ4n) is 3.32. The molecule has 0 aromatic carbocycles. The van der Waals surface area contributed by atoms with Crippen LogP contribution in [0.25, 0.3) is 0 Å². The summed E-state index contributed by atoms with van der Waals surface area (Å²) >= 11 is 0. The standard InChI is InChI=1S/C12H21NO/c1-12(5-6-14-8-12)13-11-4-2-3-9-7-10(9)11/h9-11,13H,2-8H2,1H3/t9-,10+,11?,12?/m0/s1. The second-order valence-corrected chi connectivity index (χ2v) is 5.70. The van der Waals surface area contributed by atoms with Crippen molar-refractivity contribution in [3.05, 3.63) is 0 Å². The lowest BCUT2D eigenvalue weighted by Crippen LogP contribution is -2.50. The van der Waals surface area contributed by atoms with Crippen LogP contribution in [-0.2, 0) is 4.74 Å². The van der Waals surface area contributed by atoms with E-state index in [-0.39, 0.29) is 5.54 Å². The molecule has 1 heterocycles. The van der Waals surface area contributed by atoms with Crippen molar-refractivity contribution in [2.24, 2.45) is 11.8 Å². The van der Waals surface area contributed by atoms with E-state index in [2.05, 4.69) is 12.2 Å². The van der Waals surface area contributed by atoms with Gasteiger partial charge in [-0.15, -0.1) is 0 Å². The summed E-state index contributed by atoms with van der Waals surface area (Å²) in [6.07, 6.45) is 7.03. The average molecular weight is 195 g/mol. The van der Waals surface area contributed by atoms with Crippen LogP contribution in [0.3, 0.4) is 0 Å². The van der Waals surface area contributed by atoms with Crippen molar-refractivity contribution in [1.82, 2.24) is 5.32 Å². The summed E-state index contributed by atoms with van der Waals surface area (Å²) in [5.74, 6) is 2.09. The van der Waals surface area contributed by atoms with Gasteiger partial charge >= 0.3 is 0 Å². The third-order valence-corrected chi connectivity index (χ3v) is 4.34. The molecule has 3 fully saturated rings. The van der Waals surface area contributed by atoms with Crippen LogP contribution in [0, 0.1) is 11.8 Å². The molecule has 14 heavy (non-hydrogen) atoms. The molecule has 3 rings (SSSR count). The third kappa shape index (κ3) is 1.59. The van der Waals surface area contributed by atoms with Crippen LogP contribution in [0.2, 0.25) is 0 Å². The fraction of sp³-hybridized carbons (Fsp3) is 1.00. The van der Waals surface area contributed by atoms with Crippen LogP contribution in [0.4, 0.5) is 0 Å². The molecule has 1 saturated heterocycles. The Kier molecular flexibility index (Phi) is 2.10. The van der Waals surface area contributed by atoms with E-state index in [4.69, 9.17) is 4.74 Å². The van der Waals surface area contributed by atoms with Crippen molar-refractivity contribution >= 4 is 0 Å². The maximum absolute atomic E-state index is 5.49. The molecule has 2 nitrogen and oxygen atoms in total. The zero-order chi connectivity index (χ0) is 9.60. The maximum Gasteiger partial charge on any atom is 0.0646 e. The van der Waals surface area contributed by atoms with E-state index >= 15 is 0 Å². The predicted molar refractivity (Wildman–Crippen MR) is 56.2 cm³/mol. The molecule has 0 aromatic heterocycles. The van der Waals surface area contributed by atoms with Crippen LogP contribution < -0.4 is 5.32 Å². The smallest absolute Gasteiger partial charge is 0.0646 e. The van der Waals surface area contributed by atoms with E-state index in [1.54, 1.807) is 0 Å². The van der Waals surface area contributed by atoms with E-state index in [1.165, 1.54) is 32.1 Å². The van der Waals surface area contributed by atoms with Crippen molar-refractivity contribution < 1.29 is 4.74 Å². The molecule has 4 atom stereocenters. The summed E-state index contributed by atoms with van der Waals surface area (Å²) in [4.78, 5) is 0. The largest absolute Gasteiger partial charge is 0.379 e. The minimum atomic E-state index is 0.287. The summed E-state index contributed by atoms with van der Waals surface area (Å²) < 4.78 is 5.49. The highest BCUT2D eigenvalue weighted by Gasteiger charge is 2.47. The lowest BCUT2D eigenvalue weighted by molar-refractivity contribution is 0.160. The van der Waals surface area contributed by atoms with Crippen molar-refractivity contribution in [2.45, 2.75) is 50.6 Å². The summed E-state index contributed by atoms with van der Waals surface area (Å²) in [5, 5.41) is 3.86. The van der Waals surface area contributed by atoms with Gasteiger partial charge in [-0.05, 0) is 38.0 Å². The van der Waals surface area contributed by atoms with Crippen LogP contribution in [0.5, 0.6) is 0 Å². The van der Waals surface area contributed by atoms with Gasteiger partial charge in [-0.1, -0.05) is 12.8 Å². The van der Waals surface area contributed by atoms with Gasteiger partial charge in [0.15, 0.2) is 0 Å². The highest BCUT2D eigenvalue weighted by atomic mass is 16.5. The Balaban J connectivity index is 1.60. The first-order chi connectivity index (χ1) is 6.77. The zero-order valence-corrected chi connectivity index (χ0v) is 9.09. The first-order valence-corrected chi connectivity index (χ1v) is 6.12. The van der Waals surface area contributed by atoms with Crippen molar-refractivity contribution in [3.63, 3.8) is 0 Å². The summed E-state index contributed by atoms with van der Waals surface area (Å²) in [7, 11) is 0. The second-order valence-electron chi connectivity index (χ2n) is 5.70. The van der Waals surface area contributed by atoms with Crippen LogP contribution >= 0.6 is 0 Å². The number of nitrogens with one attached hydrogen (secondary N) is 1. The number of rotatable bonds is 2. The van der Waals surface area contributed by atoms with Crippen LogP contribution in [0.1, 0.15) is 39.0 Å². The minimum Gasteiger partial charge on any atom is -0.379 e. The van der Waals surface area contributed by atoms with E-state index in [0.29, 0.717) is 0 Å². The Morgan fingerprint density at radius 1 is 1.36 bits per heavy atom. The molecule has 80 valence electrons. The number of ether oxygens (including phenoxy) is 1. The first-order valence-electron chi connectivity index (χ1n) is 6.12. The molecule has 1 aliphatic heterocycles. The lowest BCUT2D eigenvalue weighted by atomic mass is 9.91. The lowest BCUT2D eigenvalue weighted by Gasteiger charge is -2.32. The maximum atomic E-state index is 5.49. The molecule has 2 unspecified atom stereocenters. The molecule has 0 spiro atoms. The Morgan fingerprint density at radius 3 is 3.07 bits per heavy atom. The highest BCUT2D eigenvalue weighted by molar-refractivity contribution is 5.02. The molecule has 1 N–H and O–H groups in total. The molecule has 0 bridgehead atoms. The quantitative estimate of drug-likeness (QED) is 0.727. The van der Waals surface area contributed by atoms with Crippen molar-refractivity contribution in [1.29, 1.82) is 0 Å². The first kappa shape index (κ1) is 9.17. The van der Waals surface area contributed by atoms with Gasteiger partial charge in [0.25, 0.3) is 0 Å². The van der Waals surface area contributed by atoms with Gasteiger partial charge in [0.05, 0.1) is 6.61 Å². The molecule has 0 radical (unpaired) electrons. The van der Waals surface area contributed by atoms with E-state index in [0.717, 1.165) is 31.1 Å². The predicted octanol–water partition coefficient (Wildman–Crippen LogP) is 1.94. The minimum absolute atomic E-state index is 0.287. The third-order valence-electron chi connectivity index (χ3n) is 4.34. The SMILES string of the molecule is CC1(NC2CCC[C@H]3C[C@@H]23)CCOC1. The number of hydrogen-bond acceptors (Lipinski definition) is 2. The summed E-state index contributed by atoms with van der Waals surface area (Å²) in [5.41, 5.74) is 0.287. The Morgan fingerprint density at radius 2 is 2.29 bits per heavy atom. The van der Waals surface area contributed by atoms with E-state index < -0.39 is 0 Å². The molecular weight excluding hydrogens is 174 g/mol. The van der Waals surface area contributed by atoms with Crippen molar-refractivity contribution in [3.8, 4) is 0 Å². The van der Waals surface area contributed by atoms with Gasteiger partial charge in [-0.3, -0.25) is 0 Å². The number of hydrogen-bond donors (Lipinski definition) is 1. The average Bonchev–Trinajstić information content (AvgIpc) is 2.84. The van der Waals surface area contributed by atoms with E-state index in [9.17, 15) is 0 Å². The molecule has 0 aromatic rings. The van der Waals surface area contributed by atoms with E-state index in [1.807, 2.05) is 0 Å². The monoisotopic (exact) mass is 195 g/mol. The topological polar surface area (TPSA) is 21.3 Å². The molecule has 2 saturated carbocycles. The van der Waals surface area contributed by atoms with Gasteiger partial charge in [0.2, 0.25) is 0 Å². The van der Waals surface area contributed by atoms with Gasteiger partial charge < -0.3 is 10.1 Å². The van der Waals surface area contributed by atoms with Crippen LogP contribution in [0.15, 0.2) is 0 Å². The van der Waals surface area contributed by atoms with Gasteiger partial charge in [-0.2, -0.15) is 0 Å². The second kappa shape index (κ2) is 3.21. The summed E-state index contributed by atoms with van der Waals surface area (Å²) in [6, 6.07) is 0.806. The zero-order valence-electron chi connectivity index (χ0n) is 9.09. The highest BCUT2D eigenvalue weighted by Crippen LogP contribution is 2.50. The molecule has 0 amide bonds. The Bertz CT molecular complexity index is 222. The Hall–Kier alpha value is -0.0800. The van der Waals surface area contributed by atoms with Crippen LogP contribution in [-0.4, -0.2) is 24.8 Å².